The number of ether oxygens (including phenoxy) is 2. The van der Waals surface area contributed by atoms with Crippen LogP contribution in [0, 0.1) is 28.4 Å². The summed E-state index contributed by atoms with van der Waals surface area (Å²) in [5.74, 6) is -0.319. The summed E-state index contributed by atoms with van der Waals surface area (Å²) in [5, 5.41) is 6.84. The quantitative estimate of drug-likeness (QED) is 0.144. The smallest absolute Gasteiger partial charge is 0.229 e. The number of carbonyl (C=O) groups excluding carboxylic acids is 1. The van der Waals surface area contributed by atoms with E-state index in [4.69, 9.17) is 9.47 Å². The third-order valence-corrected chi connectivity index (χ3v) is 9.69. The van der Waals surface area contributed by atoms with Crippen molar-refractivity contribution in [2.24, 2.45) is 16.7 Å². The van der Waals surface area contributed by atoms with Gasteiger partial charge in [-0.1, -0.05) is 47.6 Å². The summed E-state index contributed by atoms with van der Waals surface area (Å²) in [6.45, 7) is 16.9. The average molecular weight is 681 g/mol. The van der Waals surface area contributed by atoms with Crippen molar-refractivity contribution in [1.29, 1.82) is 0 Å². The maximum Gasteiger partial charge on any atom is 0.229 e. The zero-order chi connectivity index (χ0) is 34.6. The van der Waals surface area contributed by atoms with Gasteiger partial charge in [-0.15, -0.1) is 11.3 Å². The van der Waals surface area contributed by atoms with Crippen LogP contribution in [0.15, 0.2) is 42.9 Å². The van der Waals surface area contributed by atoms with Crippen molar-refractivity contribution in [3.63, 3.8) is 0 Å². The molecular formula is C36H46F2N6O3S. The number of hydrogen-bond acceptors (Lipinski definition) is 9. The van der Waals surface area contributed by atoms with Crippen LogP contribution in [0.5, 0.6) is 11.5 Å². The number of nitrogens with zero attached hydrogens (tertiary/aromatic N) is 4. The van der Waals surface area contributed by atoms with E-state index in [2.05, 4.69) is 72.0 Å². The van der Waals surface area contributed by atoms with Gasteiger partial charge in [-0.3, -0.25) is 9.69 Å². The van der Waals surface area contributed by atoms with Crippen LogP contribution in [0.25, 0.3) is 10.9 Å². The van der Waals surface area contributed by atoms with Crippen LogP contribution in [0.4, 0.5) is 25.4 Å². The number of likely N-dealkylation sites (tertiary alicyclic amines) is 1. The molecule has 0 saturated carbocycles. The molecule has 0 spiro atoms. The van der Waals surface area contributed by atoms with Crippen LogP contribution >= 0.6 is 11.3 Å². The first-order valence-corrected chi connectivity index (χ1v) is 17.2. The highest BCUT2D eigenvalue weighted by atomic mass is 32.1. The summed E-state index contributed by atoms with van der Waals surface area (Å²) in [6.07, 6.45) is 6.34. The standard InChI is InChI=1S/C36H46F2N6O3S/c1-35(2,3)32(36(4,5)6)27-13-9-14-44(27)15-10-16-47-29-19-26-23(18-28(29)46-7)33(41-21-40-26)43-34-39-20-22(48-34)17-30(45)42-25-12-8-11-24(37)31(25)38/h8,11-12,18-21,27,32H,9-10,13-17H2,1-7H3,(H,42,45)(H,39,40,41,43)/t27-/m1/s1. The Morgan fingerprint density at radius 3 is 2.58 bits per heavy atom. The van der Waals surface area contributed by atoms with Crippen molar-refractivity contribution in [2.75, 3.05) is 37.4 Å². The second-order valence-electron chi connectivity index (χ2n) is 14.5. The highest BCUT2D eigenvalue weighted by molar-refractivity contribution is 7.15. The van der Waals surface area contributed by atoms with Crippen molar-refractivity contribution >= 4 is 44.8 Å². The molecule has 1 fully saturated rings. The van der Waals surface area contributed by atoms with Crippen LogP contribution in [-0.4, -0.2) is 58.6 Å². The molecule has 9 nitrogen and oxygen atoms in total. The monoisotopic (exact) mass is 680 g/mol. The lowest BCUT2D eigenvalue weighted by Crippen LogP contribution is -2.48. The first kappa shape index (κ1) is 35.4. The van der Waals surface area contributed by atoms with Gasteiger partial charge < -0.3 is 20.1 Å². The number of aromatic nitrogens is 3. The number of nitrogens with one attached hydrogen (secondary N) is 2. The lowest BCUT2D eigenvalue weighted by atomic mass is 9.63. The summed E-state index contributed by atoms with van der Waals surface area (Å²) in [4.78, 5) is 29.0. The zero-order valence-electron chi connectivity index (χ0n) is 28.8. The van der Waals surface area contributed by atoms with Gasteiger partial charge in [0.25, 0.3) is 0 Å². The summed E-state index contributed by atoms with van der Waals surface area (Å²) < 4.78 is 39.4. The van der Waals surface area contributed by atoms with Crippen LogP contribution in [0.1, 0.15) is 65.7 Å². The van der Waals surface area contributed by atoms with Gasteiger partial charge >= 0.3 is 0 Å². The number of amides is 1. The first-order chi connectivity index (χ1) is 22.7. The Hall–Kier alpha value is -3.90. The lowest BCUT2D eigenvalue weighted by Gasteiger charge is -2.47. The minimum atomic E-state index is -1.10. The Kier molecular flexibility index (Phi) is 10.8. The summed E-state index contributed by atoms with van der Waals surface area (Å²) >= 11 is 1.25. The Labute approximate surface area is 285 Å². The second kappa shape index (κ2) is 14.7. The third-order valence-electron chi connectivity index (χ3n) is 8.77. The van der Waals surface area contributed by atoms with E-state index >= 15 is 0 Å². The fourth-order valence-corrected chi connectivity index (χ4v) is 8.16. The largest absolute Gasteiger partial charge is 0.493 e. The van der Waals surface area contributed by atoms with Gasteiger partial charge in [0, 0.05) is 35.1 Å². The Bertz CT molecular complexity index is 1720. The number of halogens is 2. The van der Waals surface area contributed by atoms with Gasteiger partial charge in [-0.2, -0.15) is 0 Å². The molecule has 48 heavy (non-hydrogen) atoms. The molecule has 2 aromatic heterocycles. The number of hydrogen-bond donors (Lipinski definition) is 2. The average Bonchev–Trinajstić information content (AvgIpc) is 3.65. The minimum absolute atomic E-state index is 0.0550. The number of fused-ring (bicyclic) bond motifs is 1. The van der Waals surface area contributed by atoms with Crippen molar-refractivity contribution in [3.05, 3.63) is 59.4 Å². The molecule has 0 bridgehead atoms. The molecule has 5 rings (SSSR count). The fraction of sp³-hybridized carbons (Fsp3) is 0.500. The molecule has 1 saturated heterocycles. The van der Waals surface area contributed by atoms with E-state index in [1.807, 2.05) is 12.1 Å². The summed E-state index contributed by atoms with van der Waals surface area (Å²) in [5.41, 5.74) is 0.913. The molecule has 2 N–H and O–H groups in total. The molecule has 0 unspecified atom stereocenters. The van der Waals surface area contributed by atoms with Crippen LogP contribution in [0.3, 0.4) is 0 Å². The maximum atomic E-state index is 14.0. The number of anilines is 3. The molecule has 2 aromatic carbocycles. The maximum absolute atomic E-state index is 14.0. The van der Waals surface area contributed by atoms with E-state index in [0.29, 0.717) is 56.8 Å². The lowest BCUT2D eigenvalue weighted by molar-refractivity contribution is -0.115. The predicted molar refractivity (Wildman–Crippen MR) is 187 cm³/mol. The number of carbonyl (C=O) groups is 1. The molecule has 1 aliphatic rings. The van der Waals surface area contributed by atoms with E-state index in [9.17, 15) is 13.6 Å². The molecule has 12 heteroatoms. The van der Waals surface area contributed by atoms with Gasteiger partial charge in [0.2, 0.25) is 5.91 Å². The molecule has 258 valence electrons. The van der Waals surface area contributed by atoms with Gasteiger partial charge in [-0.25, -0.2) is 23.7 Å². The molecule has 4 aromatic rings. The molecular weight excluding hydrogens is 634 g/mol. The number of methoxy groups -OCH3 is 1. The SMILES string of the molecule is COc1cc2c(Nc3ncc(CC(=O)Nc4cccc(F)c4F)s3)ncnc2cc1OCCCN1CCC[C@@H]1C(C(C)(C)C)C(C)(C)C. The van der Waals surface area contributed by atoms with Crippen LogP contribution in [-0.2, 0) is 11.2 Å². The van der Waals surface area contributed by atoms with Gasteiger partial charge in [0.15, 0.2) is 28.3 Å². The summed E-state index contributed by atoms with van der Waals surface area (Å²) in [7, 11) is 1.60. The topological polar surface area (TPSA) is 102 Å². The van der Waals surface area contributed by atoms with Crippen molar-refractivity contribution in [2.45, 2.75) is 73.3 Å². The van der Waals surface area contributed by atoms with E-state index < -0.39 is 17.5 Å². The number of rotatable bonds is 12. The van der Waals surface area contributed by atoms with Gasteiger partial charge in [0.1, 0.15) is 12.1 Å². The Morgan fingerprint density at radius 1 is 1.08 bits per heavy atom. The summed E-state index contributed by atoms with van der Waals surface area (Å²) in [6, 6.07) is 7.90. The Balaban J connectivity index is 1.21. The normalized spacial score (nSPS) is 15.7. The van der Waals surface area contributed by atoms with Crippen molar-refractivity contribution in [3.8, 4) is 11.5 Å². The molecule has 1 amide bonds. The van der Waals surface area contributed by atoms with E-state index in [-0.39, 0.29) is 22.9 Å². The van der Waals surface area contributed by atoms with E-state index in [1.165, 1.54) is 42.6 Å². The fourth-order valence-electron chi connectivity index (χ4n) is 7.35. The van der Waals surface area contributed by atoms with Gasteiger partial charge in [0.05, 0.1) is 31.3 Å². The second-order valence-corrected chi connectivity index (χ2v) is 15.6. The third kappa shape index (κ3) is 8.38. The van der Waals surface area contributed by atoms with E-state index in [0.717, 1.165) is 25.6 Å². The number of thiazole rings is 1. The highest BCUT2D eigenvalue weighted by Gasteiger charge is 2.44. The predicted octanol–water partition coefficient (Wildman–Crippen LogP) is 8.24. The van der Waals surface area contributed by atoms with E-state index in [1.54, 1.807) is 13.3 Å². The molecule has 0 aliphatic carbocycles. The van der Waals surface area contributed by atoms with Crippen LogP contribution in [0.2, 0.25) is 0 Å². The number of benzene rings is 2. The van der Waals surface area contributed by atoms with Crippen molar-refractivity contribution < 1.29 is 23.0 Å². The highest BCUT2D eigenvalue weighted by Crippen LogP contribution is 2.46. The first-order valence-electron chi connectivity index (χ1n) is 16.4. The molecule has 1 aliphatic heterocycles. The zero-order valence-corrected chi connectivity index (χ0v) is 29.6. The van der Waals surface area contributed by atoms with Crippen LogP contribution < -0.4 is 20.1 Å². The Morgan fingerprint density at radius 2 is 1.85 bits per heavy atom. The molecule has 3 heterocycles. The molecule has 1 atom stereocenters. The minimum Gasteiger partial charge on any atom is -0.493 e. The molecule has 0 radical (unpaired) electrons. The van der Waals surface area contributed by atoms with Gasteiger partial charge in [-0.05, 0) is 60.8 Å². The van der Waals surface area contributed by atoms with Crippen molar-refractivity contribution in [1.82, 2.24) is 19.9 Å².